The molecular weight excluding hydrogens is 482 g/mol. The summed E-state index contributed by atoms with van der Waals surface area (Å²) in [5.41, 5.74) is 8.46. The second-order valence-corrected chi connectivity index (χ2v) is 11.1. The van der Waals surface area contributed by atoms with Crippen LogP contribution in [0.5, 0.6) is 5.75 Å². The maximum Gasteiger partial charge on any atom is 0.248 e. The number of anilines is 1. The van der Waals surface area contributed by atoms with Crippen molar-refractivity contribution in [2.24, 2.45) is 11.7 Å². The number of aryl methyl sites for hydroxylation is 1. The molecule has 0 spiro atoms. The number of piperidine rings is 1. The van der Waals surface area contributed by atoms with Crippen LogP contribution in [0.25, 0.3) is 10.6 Å². The molecule has 1 saturated heterocycles. The molecule has 35 heavy (non-hydrogen) atoms. The molecule has 0 atom stereocenters. The number of hydrogen-bond donors (Lipinski definition) is 2. The van der Waals surface area contributed by atoms with Gasteiger partial charge in [0.2, 0.25) is 11.8 Å². The van der Waals surface area contributed by atoms with E-state index in [1.165, 1.54) is 22.7 Å². The first-order valence-electron chi connectivity index (χ1n) is 11.7. The Morgan fingerprint density at radius 3 is 2.69 bits per heavy atom. The number of carbonyl (C=O) groups is 2. The van der Waals surface area contributed by atoms with Crippen LogP contribution in [0, 0.1) is 12.8 Å². The summed E-state index contributed by atoms with van der Waals surface area (Å²) >= 11 is 2.99. The van der Waals surface area contributed by atoms with Crippen LogP contribution in [-0.2, 0) is 11.2 Å². The van der Waals surface area contributed by atoms with Crippen molar-refractivity contribution in [2.75, 3.05) is 25.5 Å². The van der Waals surface area contributed by atoms with Gasteiger partial charge >= 0.3 is 0 Å². The topological polar surface area (TPSA) is 110 Å². The minimum atomic E-state index is -0.475. The van der Waals surface area contributed by atoms with Gasteiger partial charge in [-0.15, -0.1) is 11.3 Å². The van der Waals surface area contributed by atoms with Gasteiger partial charge in [0.25, 0.3) is 0 Å². The second kappa shape index (κ2) is 10.8. The fourth-order valence-corrected chi connectivity index (χ4v) is 5.88. The number of hydrogen-bond acceptors (Lipinski definition) is 8. The van der Waals surface area contributed by atoms with Gasteiger partial charge in [0.15, 0.2) is 5.13 Å². The zero-order valence-electron chi connectivity index (χ0n) is 20.5. The zero-order valence-corrected chi connectivity index (χ0v) is 22.1. The summed E-state index contributed by atoms with van der Waals surface area (Å²) in [5.74, 6) is 0.319. The average Bonchev–Trinajstić information content (AvgIpc) is 3.40. The summed E-state index contributed by atoms with van der Waals surface area (Å²) in [4.78, 5) is 37.0. The van der Waals surface area contributed by atoms with Gasteiger partial charge in [-0.25, -0.2) is 9.97 Å². The van der Waals surface area contributed by atoms with Crippen molar-refractivity contribution in [3.8, 4) is 16.3 Å². The van der Waals surface area contributed by atoms with Gasteiger partial charge in [0, 0.05) is 28.8 Å². The molecule has 3 aromatic rings. The Balaban J connectivity index is 1.49. The first-order chi connectivity index (χ1) is 16.7. The number of aromatic nitrogens is 2. The molecule has 0 aliphatic carbocycles. The molecule has 2 aromatic heterocycles. The minimum absolute atomic E-state index is 0.00280. The van der Waals surface area contributed by atoms with Crippen molar-refractivity contribution in [3.05, 3.63) is 45.4 Å². The maximum atomic E-state index is 12.7. The number of amides is 2. The van der Waals surface area contributed by atoms with E-state index in [1.54, 1.807) is 18.2 Å². The SMILES string of the molecule is Cc1nc(NC(=O)C2CCN(C)CC2)sc1-c1csc(Cc2cc(C(N)=O)ccc2OC(C)C)n1. The number of benzene rings is 1. The number of primary amides is 1. The van der Waals surface area contributed by atoms with Crippen molar-refractivity contribution in [1.29, 1.82) is 0 Å². The van der Waals surface area contributed by atoms with Gasteiger partial charge in [0.05, 0.1) is 27.4 Å². The normalized spacial score (nSPS) is 14.9. The molecule has 1 aliphatic rings. The van der Waals surface area contributed by atoms with E-state index in [4.69, 9.17) is 15.5 Å². The van der Waals surface area contributed by atoms with Gasteiger partial charge in [0.1, 0.15) is 5.75 Å². The number of ether oxygens (including phenoxy) is 1. The lowest BCUT2D eigenvalue weighted by atomic mass is 9.96. The minimum Gasteiger partial charge on any atom is -0.491 e. The number of rotatable bonds is 8. The number of nitrogens with one attached hydrogen (secondary N) is 1. The van der Waals surface area contributed by atoms with Gasteiger partial charge < -0.3 is 20.7 Å². The summed E-state index contributed by atoms with van der Waals surface area (Å²) in [6.45, 7) is 7.73. The highest BCUT2D eigenvalue weighted by Crippen LogP contribution is 2.35. The van der Waals surface area contributed by atoms with E-state index in [0.29, 0.717) is 17.1 Å². The van der Waals surface area contributed by atoms with Crippen LogP contribution >= 0.6 is 22.7 Å². The third-order valence-corrected chi connectivity index (χ3v) is 7.89. The zero-order chi connectivity index (χ0) is 25.1. The van der Waals surface area contributed by atoms with Crippen LogP contribution in [0.4, 0.5) is 5.13 Å². The molecule has 0 bridgehead atoms. The Labute approximate surface area is 213 Å². The second-order valence-electron chi connectivity index (χ2n) is 9.16. The highest BCUT2D eigenvalue weighted by molar-refractivity contribution is 7.19. The lowest BCUT2D eigenvalue weighted by molar-refractivity contribution is -0.121. The average molecular weight is 514 g/mol. The van der Waals surface area contributed by atoms with Crippen LogP contribution < -0.4 is 15.8 Å². The third kappa shape index (κ3) is 6.25. The predicted molar refractivity (Wildman–Crippen MR) is 140 cm³/mol. The summed E-state index contributed by atoms with van der Waals surface area (Å²) in [5, 5.41) is 6.51. The van der Waals surface area contributed by atoms with E-state index < -0.39 is 5.91 Å². The van der Waals surface area contributed by atoms with Crippen molar-refractivity contribution in [2.45, 2.75) is 46.1 Å². The number of nitrogens with zero attached hydrogens (tertiary/aromatic N) is 3. The highest BCUT2D eigenvalue weighted by Gasteiger charge is 2.25. The van der Waals surface area contributed by atoms with E-state index in [-0.39, 0.29) is 17.9 Å². The molecule has 0 radical (unpaired) electrons. The molecule has 8 nitrogen and oxygen atoms in total. The van der Waals surface area contributed by atoms with Gasteiger partial charge in [-0.3, -0.25) is 9.59 Å². The molecule has 3 N–H and O–H groups in total. The fraction of sp³-hybridized carbons (Fsp3) is 0.440. The van der Waals surface area contributed by atoms with Crippen molar-refractivity contribution < 1.29 is 14.3 Å². The molecule has 0 unspecified atom stereocenters. The van der Waals surface area contributed by atoms with Gasteiger partial charge in [-0.1, -0.05) is 11.3 Å². The standard InChI is InChI=1S/C25H31N5O3S2/c1-14(2)33-20-6-5-17(23(26)31)11-18(20)12-21-28-19(13-34-21)22-15(3)27-25(35-22)29-24(32)16-7-9-30(4)10-8-16/h5-6,11,13-14,16H,7-10,12H2,1-4H3,(H2,26,31)(H,27,29,32). The summed E-state index contributed by atoms with van der Waals surface area (Å²) in [6, 6.07) is 5.24. The Kier molecular flexibility index (Phi) is 7.83. The van der Waals surface area contributed by atoms with E-state index in [2.05, 4.69) is 22.2 Å². The maximum absolute atomic E-state index is 12.7. The lowest BCUT2D eigenvalue weighted by Gasteiger charge is -2.27. The molecule has 1 aromatic carbocycles. The van der Waals surface area contributed by atoms with Gasteiger partial charge in [-0.05, 0) is 71.9 Å². The first-order valence-corrected chi connectivity index (χ1v) is 13.4. The van der Waals surface area contributed by atoms with Crippen molar-refractivity contribution in [1.82, 2.24) is 14.9 Å². The number of nitrogens with two attached hydrogens (primary N) is 1. The first kappa shape index (κ1) is 25.3. The predicted octanol–water partition coefficient (Wildman–Crippen LogP) is 4.33. The molecule has 2 amide bonds. The van der Waals surface area contributed by atoms with E-state index in [9.17, 15) is 9.59 Å². The van der Waals surface area contributed by atoms with E-state index >= 15 is 0 Å². The Bertz CT molecular complexity index is 1210. The van der Waals surface area contributed by atoms with Crippen LogP contribution in [-0.4, -0.2) is 52.9 Å². The van der Waals surface area contributed by atoms with Crippen molar-refractivity contribution in [3.63, 3.8) is 0 Å². The Morgan fingerprint density at radius 1 is 1.26 bits per heavy atom. The molecule has 10 heteroatoms. The molecule has 4 rings (SSSR count). The summed E-state index contributed by atoms with van der Waals surface area (Å²) in [6.07, 6.45) is 2.26. The van der Waals surface area contributed by atoms with Gasteiger partial charge in [-0.2, -0.15) is 0 Å². The third-order valence-electron chi connectivity index (χ3n) is 5.95. The molecule has 1 fully saturated rings. The summed E-state index contributed by atoms with van der Waals surface area (Å²) < 4.78 is 5.93. The number of carbonyl (C=O) groups excluding carboxylic acids is 2. The smallest absolute Gasteiger partial charge is 0.248 e. The van der Waals surface area contributed by atoms with E-state index in [1.807, 2.05) is 26.2 Å². The molecule has 3 heterocycles. The molecule has 0 saturated carbocycles. The van der Waals surface area contributed by atoms with Crippen LogP contribution in [0.2, 0.25) is 0 Å². The van der Waals surface area contributed by atoms with Crippen LogP contribution in [0.3, 0.4) is 0 Å². The fourth-order valence-electron chi connectivity index (χ4n) is 4.06. The quantitative estimate of drug-likeness (QED) is 0.464. The lowest BCUT2D eigenvalue weighted by Crippen LogP contribution is -2.35. The summed E-state index contributed by atoms with van der Waals surface area (Å²) in [7, 11) is 2.08. The number of likely N-dealkylation sites (tertiary alicyclic amines) is 1. The highest BCUT2D eigenvalue weighted by atomic mass is 32.1. The van der Waals surface area contributed by atoms with Crippen LogP contribution in [0.1, 0.15) is 53.3 Å². The Morgan fingerprint density at radius 2 is 2.00 bits per heavy atom. The molecule has 186 valence electrons. The Hall–Kier alpha value is -2.82. The largest absolute Gasteiger partial charge is 0.491 e. The van der Waals surface area contributed by atoms with E-state index in [0.717, 1.165) is 58.5 Å². The number of thiazole rings is 2. The monoisotopic (exact) mass is 513 g/mol. The molecule has 1 aliphatic heterocycles. The van der Waals surface area contributed by atoms with Crippen molar-refractivity contribution >= 4 is 39.6 Å². The molecular formula is C25H31N5O3S2. The van der Waals surface area contributed by atoms with Crippen LogP contribution in [0.15, 0.2) is 23.6 Å².